The molecule has 1 unspecified atom stereocenters. The highest BCUT2D eigenvalue weighted by Gasteiger charge is 2.32. The number of halogens is 3. The second-order valence-corrected chi connectivity index (χ2v) is 6.70. The molecule has 0 aromatic heterocycles. The summed E-state index contributed by atoms with van der Waals surface area (Å²) in [5.41, 5.74) is 0.734. The van der Waals surface area contributed by atoms with E-state index in [1.807, 2.05) is 11.0 Å². The van der Waals surface area contributed by atoms with Crippen molar-refractivity contribution in [3.05, 3.63) is 29.3 Å². The van der Waals surface area contributed by atoms with E-state index in [-0.39, 0.29) is 12.5 Å². The van der Waals surface area contributed by atoms with Crippen molar-refractivity contribution in [1.82, 2.24) is 10.2 Å². The van der Waals surface area contributed by atoms with Gasteiger partial charge in [0.05, 0.1) is 5.56 Å². The van der Waals surface area contributed by atoms with Gasteiger partial charge >= 0.3 is 6.18 Å². The van der Waals surface area contributed by atoms with Gasteiger partial charge in [-0.1, -0.05) is 0 Å². The highest BCUT2D eigenvalue weighted by atomic mass is 19.4. The molecule has 0 saturated carbocycles. The van der Waals surface area contributed by atoms with Gasteiger partial charge < -0.3 is 15.3 Å². The number of aliphatic hydroxyl groups is 1. The largest absolute Gasteiger partial charge is 0.416 e. The second-order valence-electron chi connectivity index (χ2n) is 6.70. The molecule has 2 fully saturated rings. The van der Waals surface area contributed by atoms with Crippen molar-refractivity contribution in [2.45, 2.75) is 19.1 Å². The fraction of sp³-hybridized carbons (Fsp3) is 0.647. The van der Waals surface area contributed by atoms with Gasteiger partial charge in [-0.2, -0.15) is 13.2 Å². The molecule has 0 spiro atoms. The Balaban J connectivity index is 1.83. The van der Waals surface area contributed by atoms with Crippen LogP contribution in [-0.4, -0.2) is 55.9 Å². The number of alkyl halides is 3. The molecule has 134 valence electrons. The summed E-state index contributed by atoms with van der Waals surface area (Å²) in [5, 5.41) is 12.5. The Hall–Kier alpha value is -1.31. The van der Waals surface area contributed by atoms with Crippen LogP contribution in [0.4, 0.5) is 18.9 Å². The third-order valence-corrected chi connectivity index (χ3v) is 4.83. The Bertz CT molecular complexity index is 559. The number of nitrogens with one attached hydrogen (secondary N) is 1. The van der Waals surface area contributed by atoms with Crippen LogP contribution in [0.3, 0.4) is 0 Å². The SMILES string of the molecule is OCC1CCN(c2cc(CN3CCNCC3)cc(C(F)(F)F)c2)C1. The number of rotatable bonds is 4. The van der Waals surface area contributed by atoms with E-state index >= 15 is 0 Å². The summed E-state index contributed by atoms with van der Waals surface area (Å²) in [7, 11) is 0. The van der Waals surface area contributed by atoms with Crippen molar-refractivity contribution in [3.8, 4) is 0 Å². The summed E-state index contributed by atoms with van der Waals surface area (Å²) in [6, 6.07) is 4.38. The van der Waals surface area contributed by atoms with E-state index in [0.717, 1.165) is 32.6 Å². The third kappa shape index (κ3) is 4.20. The fourth-order valence-corrected chi connectivity index (χ4v) is 3.46. The molecule has 2 saturated heterocycles. The summed E-state index contributed by atoms with van der Waals surface area (Å²) in [4.78, 5) is 4.13. The number of nitrogens with zero attached hydrogens (tertiary/aromatic N) is 2. The molecule has 0 radical (unpaired) electrons. The van der Waals surface area contributed by atoms with Gasteiger partial charge in [0, 0.05) is 64.0 Å². The summed E-state index contributed by atoms with van der Waals surface area (Å²) < 4.78 is 39.8. The third-order valence-electron chi connectivity index (χ3n) is 4.83. The Kier molecular flexibility index (Phi) is 5.32. The first-order chi connectivity index (χ1) is 11.5. The van der Waals surface area contributed by atoms with Crippen molar-refractivity contribution in [3.63, 3.8) is 0 Å². The van der Waals surface area contributed by atoms with Crippen LogP contribution in [0, 0.1) is 5.92 Å². The number of benzene rings is 1. The van der Waals surface area contributed by atoms with Gasteiger partial charge in [0.1, 0.15) is 0 Å². The zero-order valence-corrected chi connectivity index (χ0v) is 13.6. The molecule has 0 aliphatic carbocycles. The first-order valence-corrected chi connectivity index (χ1v) is 8.46. The number of piperazine rings is 1. The van der Waals surface area contributed by atoms with Crippen molar-refractivity contribution in [2.24, 2.45) is 5.92 Å². The van der Waals surface area contributed by atoms with Crippen LogP contribution in [-0.2, 0) is 12.7 Å². The summed E-state index contributed by atoms with van der Waals surface area (Å²) >= 11 is 0. The fourth-order valence-electron chi connectivity index (χ4n) is 3.46. The molecule has 7 heteroatoms. The minimum absolute atomic E-state index is 0.0864. The smallest absolute Gasteiger partial charge is 0.396 e. The first-order valence-electron chi connectivity index (χ1n) is 8.46. The van der Waals surface area contributed by atoms with Crippen molar-refractivity contribution >= 4 is 5.69 Å². The number of anilines is 1. The van der Waals surface area contributed by atoms with Gasteiger partial charge in [0.25, 0.3) is 0 Å². The van der Waals surface area contributed by atoms with Crippen LogP contribution in [0.2, 0.25) is 0 Å². The maximum absolute atomic E-state index is 13.3. The van der Waals surface area contributed by atoms with E-state index in [0.29, 0.717) is 30.9 Å². The molecule has 0 bridgehead atoms. The van der Waals surface area contributed by atoms with E-state index in [1.165, 1.54) is 12.1 Å². The normalized spacial score (nSPS) is 23.0. The average Bonchev–Trinajstić information content (AvgIpc) is 3.04. The van der Waals surface area contributed by atoms with E-state index in [1.54, 1.807) is 0 Å². The van der Waals surface area contributed by atoms with Crippen LogP contribution < -0.4 is 10.2 Å². The zero-order valence-electron chi connectivity index (χ0n) is 13.6. The van der Waals surface area contributed by atoms with Crippen molar-refractivity contribution in [1.29, 1.82) is 0 Å². The molecule has 2 N–H and O–H groups in total. The molecule has 3 rings (SSSR count). The quantitative estimate of drug-likeness (QED) is 0.876. The molecule has 0 amide bonds. The number of hydrogen-bond acceptors (Lipinski definition) is 4. The Morgan fingerprint density at radius 2 is 1.88 bits per heavy atom. The van der Waals surface area contributed by atoms with Crippen LogP contribution in [0.15, 0.2) is 18.2 Å². The minimum atomic E-state index is -4.34. The summed E-state index contributed by atoms with van der Waals surface area (Å²) in [6.45, 7) is 5.37. The monoisotopic (exact) mass is 343 g/mol. The zero-order chi connectivity index (χ0) is 17.2. The molecular formula is C17H24F3N3O. The highest BCUT2D eigenvalue weighted by Crippen LogP contribution is 2.34. The average molecular weight is 343 g/mol. The van der Waals surface area contributed by atoms with Crippen LogP contribution in [0.1, 0.15) is 17.5 Å². The molecular weight excluding hydrogens is 319 g/mol. The lowest BCUT2D eigenvalue weighted by Crippen LogP contribution is -2.42. The summed E-state index contributed by atoms with van der Waals surface area (Å²) in [5.74, 6) is 0.149. The lowest BCUT2D eigenvalue weighted by atomic mass is 10.1. The van der Waals surface area contributed by atoms with E-state index < -0.39 is 11.7 Å². The van der Waals surface area contributed by atoms with E-state index in [9.17, 15) is 18.3 Å². The van der Waals surface area contributed by atoms with E-state index in [2.05, 4.69) is 10.2 Å². The Morgan fingerprint density at radius 3 is 2.50 bits per heavy atom. The van der Waals surface area contributed by atoms with Gasteiger partial charge in [0.15, 0.2) is 0 Å². The second kappa shape index (κ2) is 7.29. The van der Waals surface area contributed by atoms with E-state index in [4.69, 9.17) is 0 Å². The number of hydrogen-bond donors (Lipinski definition) is 2. The Labute approximate surface area is 140 Å². The standard InChI is InChI=1S/C17H24F3N3O/c18-17(19,20)15-7-14(10-22-5-2-21-3-6-22)8-16(9-15)23-4-1-13(11-23)12-24/h7-9,13,21,24H,1-6,10-12H2. The lowest BCUT2D eigenvalue weighted by Gasteiger charge is -2.28. The molecule has 1 atom stereocenters. The summed E-state index contributed by atoms with van der Waals surface area (Å²) in [6.07, 6.45) is -3.52. The molecule has 1 aromatic carbocycles. The van der Waals surface area contributed by atoms with Crippen LogP contribution >= 0.6 is 0 Å². The topological polar surface area (TPSA) is 38.7 Å². The lowest BCUT2D eigenvalue weighted by molar-refractivity contribution is -0.137. The maximum Gasteiger partial charge on any atom is 0.416 e. The number of aliphatic hydroxyl groups excluding tert-OH is 1. The Morgan fingerprint density at radius 1 is 1.12 bits per heavy atom. The predicted molar refractivity (Wildman–Crippen MR) is 87.0 cm³/mol. The highest BCUT2D eigenvalue weighted by molar-refractivity contribution is 5.53. The molecule has 4 nitrogen and oxygen atoms in total. The van der Waals surface area contributed by atoms with Gasteiger partial charge in [-0.15, -0.1) is 0 Å². The predicted octanol–water partition coefficient (Wildman–Crippen LogP) is 1.93. The molecule has 1 aromatic rings. The minimum Gasteiger partial charge on any atom is -0.396 e. The molecule has 24 heavy (non-hydrogen) atoms. The van der Waals surface area contributed by atoms with Crippen LogP contribution in [0.5, 0.6) is 0 Å². The van der Waals surface area contributed by atoms with Crippen molar-refractivity contribution < 1.29 is 18.3 Å². The van der Waals surface area contributed by atoms with Crippen LogP contribution in [0.25, 0.3) is 0 Å². The maximum atomic E-state index is 13.3. The van der Waals surface area contributed by atoms with Gasteiger partial charge in [-0.3, -0.25) is 4.90 Å². The van der Waals surface area contributed by atoms with Gasteiger partial charge in [0.2, 0.25) is 0 Å². The van der Waals surface area contributed by atoms with Gasteiger partial charge in [-0.25, -0.2) is 0 Å². The first kappa shape index (κ1) is 17.5. The van der Waals surface area contributed by atoms with Crippen molar-refractivity contribution in [2.75, 3.05) is 50.8 Å². The molecule has 2 aliphatic heterocycles. The van der Waals surface area contributed by atoms with Gasteiger partial charge in [-0.05, 0) is 30.2 Å². The molecule has 2 aliphatic rings. The molecule has 2 heterocycles.